The number of furan rings is 1. The van der Waals surface area contributed by atoms with Gasteiger partial charge in [-0.05, 0) is 42.5 Å². The predicted molar refractivity (Wildman–Crippen MR) is 109 cm³/mol. The highest BCUT2D eigenvalue weighted by Gasteiger charge is 2.19. The molecule has 0 aliphatic rings. The summed E-state index contributed by atoms with van der Waals surface area (Å²) in [5.41, 5.74) is 1.17. The van der Waals surface area contributed by atoms with Gasteiger partial charge in [0.1, 0.15) is 5.00 Å². The number of amides is 1. The fourth-order valence-electron chi connectivity index (χ4n) is 2.37. The first kappa shape index (κ1) is 18.1. The smallest absolute Gasteiger partial charge is 0.293 e. The van der Waals surface area contributed by atoms with E-state index in [1.54, 1.807) is 42.5 Å². The summed E-state index contributed by atoms with van der Waals surface area (Å²) in [5.74, 6) is -0.211. The average Bonchev–Trinajstić information content (AvgIpc) is 3.35. The molecule has 7 nitrogen and oxygen atoms in total. The molecular formula is C16H10ClN3O4S3. The van der Waals surface area contributed by atoms with Crippen molar-refractivity contribution in [2.24, 2.45) is 0 Å². The number of rotatable bonds is 5. The standard InChI is InChI=1S/C16H10ClN3O4S3/c17-13-5-6-14(26-13)20(27(22)23)9-3-4-10-12(8-9)25-16(18-10)19-15(21)11-2-1-7-24-11/h1-8H,(H,22,23)(H,18,19,21). The van der Waals surface area contributed by atoms with Crippen molar-refractivity contribution in [1.29, 1.82) is 0 Å². The zero-order valence-corrected chi connectivity index (χ0v) is 16.5. The number of thiophene rings is 1. The zero-order chi connectivity index (χ0) is 19.0. The van der Waals surface area contributed by atoms with Crippen molar-refractivity contribution in [2.45, 2.75) is 0 Å². The van der Waals surface area contributed by atoms with E-state index in [0.717, 1.165) is 4.70 Å². The van der Waals surface area contributed by atoms with Crippen LogP contribution in [0.25, 0.3) is 10.2 Å². The summed E-state index contributed by atoms with van der Waals surface area (Å²) in [5, 5.41) is 3.62. The molecule has 1 unspecified atom stereocenters. The molecule has 138 valence electrons. The Morgan fingerprint density at radius 1 is 1.26 bits per heavy atom. The van der Waals surface area contributed by atoms with Crippen molar-refractivity contribution in [2.75, 3.05) is 9.62 Å². The van der Waals surface area contributed by atoms with E-state index in [2.05, 4.69) is 10.3 Å². The molecule has 0 bridgehead atoms. The van der Waals surface area contributed by atoms with Gasteiger partial charge in [-0.15, -0.1) is 11.3 Å². The van der Waals surface area contributed by atoms with E-state index in [9.17, 15) is 13.6 Å². The number of anilines is 3. The van der Waals surface area contributed by atoms with Gasteiger partial charge in [0.25, 0.3) is 17.2 Å². The summed E-state index contributed by atoms with van der Waals surface area (Å²) in [7, 11) is 0. The molecule has 1 aromatic carbocycles. The lowest BCUT2D eigenvalue weighted by atomic mass is 10.3. The summed E-state index contributed by atoms with van der Waals surface area (Å²) in [6, 6.07) is 11.7. The quantitative estimate of drug-likeness (QED) is 0.420. The van der Waals surface area contributed by atoms with Gasteiger partial charge in [0, 0.05) is 0 Å². The van der Waals surface area contributed by atoms with Crippen LogP contribution in [0.1, 0.15) is 10.6 Å². The second kappa shape index (κ2) is 7.41. The summed E-state index contributed by atoms with van der Waals surface area (Å²) in [4.78, 5) is 16.4. The monoisotopic (exact) mass is 439 g/mol. The molecule has 0 aliphatic carbocycles. The van der Waals surface area contributed by atoms with Gasteiger partial charge in [-0.25, -0.2) is 13.5 Å². The van der Waals surface area contributed by atoms with Gasteiger partial charge in [0.15, 0.2) is 10.9 Å². The molecule has 0 fully saturated rings. The molecule has 1 atom stereocenters. The topological polar surface area (TPSA) is 95.7 Å². The normalized spacial score (nSPS) is 12.2. The Bertz CT molecular complexity index is 1140. The van der Waals surface area contributed by atoms with Gasteiger partial charge in [-0.3, -0.25) is 14.7 Å². The van der Waals surface area contributed by atoms with Crippen LogP contribution in [0, 0.1) is 0 Å². The highest BCUT2D eigenvalue weighted by molar-refractivity contribution is 7.81. The number of halogens is 1. The number of carbonyl (C=O) groups is 1. The minimum Gasteiger partial charge on any atom is -0.459 e. The number of hydrogen-bond donors (Lipinski definition) is 2. The first-order valence-corrected chi connectivity index (χ1v) is 10.5. The van der Waals surface area contributed by atoms with Gasteiger partial charge in [-0.1, -0.05) is 22.9 Å². The van der Waals surface area contributed by atoms with Crippen LogP contribution >= 0.6 is 34.3 Å². The van der Waals surface area contributed by atoms with Crippen molar-refractivity contribution in [1.82, 2.24) is 4.98 Å². The maximum absolute atomic E-state index is 12.1. The number of nitrogens with zero attached hydrogens (tertiary/aromatic N) is 2. The van der Waals surface area contributed by atoms with Crippen molar-refractivity contribution in [3.05, 3.63) is 58.8 Å². The largest absolute Gasteiger partial charge is 0.459 e. The van der Waals surface area contributed by atoms with Crippen LogP contribution in [-0.4, -0.2) is 19.7 Å². The maximum Gasteiger partial charge on any atom is 0.293 e. The third-order valence-electron chi connectivity index (χ3n) is 3.49. The van der Waals surface area contributed by atoms with Crippen LogP contribution in [-0.2, 0) is 11.3 Å². The van der Waals surface area contributed by atoms with Crippen molar-refractivity contribution >= 4 is 77.5 Å². The number of fused-ring (bicyclic) bond motifs is 1. The molecule has 4 rings (SSSR count). The number of benzene rings is 1. The van der Waals surface area contributed by atoms with Crippen molar-refractivity contribution in [3.8, 4) is 0 Å². The zero-order valence-electron chi connectivity index (χ0n) is 13.3. The van der Waals surface area contributed by atoms with E-state index in [1.165, 1.54) is 33.2 Å². The van der Waals surface area contributed by atoms with E-state index in [0.29, 0.717) is 25.7 Å². The molecule has 4 aromatic rings. The van der Waals surface area contributed by atoms with Gasteiger partial charge in [0.05, 0.1) is 26.5 Å². The summed E-state index contributed by atoms with van der Waals surface area (Å²) in [6.07, 6.45) is 1.42. The minimum atomic E-state index is -2.27. The molecule has 0 spiro atoms. The van der Waals surface area contributed by atoms with Crippen LogP contribution in [0.4, 0.5) is 15.8 Å². The highest BCUT2D eigenvalue weighted by Crippen LogP contribution is 2.37. The lowest BCUT2D eigenvalue weighted by Gasteiger charge is -2.17. The van der Waals surface area contributed by atoms with E-state index < -0.39 is 17.2 Å². The van der Waals surface area contributed by atoms with E-state index in [4.69, 9.17) is 16.0 Å². The number of hydrogen-bond acceptors (Lipinski definition) is 6. The predicted octanol–water partition coefficient (Wildman–Crippen LogP) is 5.13. The van der Waals surface area contributed by atoms with Crippen LogP contribution in [0.15, 0.2) is 53.1 Å². The molecule has 1 amide bonds. The van der Waals surface area contributed by atoms with E-state index >= 15 is 0 Å². The summed E-state index contributed by atoms with van der Waals surface area (Å²) in [6.45, 7) is 0. The van der Waals surface area contributed by atoms with E-state index in [1.807, 2.05) is 0 Å². The Kier molecular flexibility index (Phi) is 4.98. The first-order chi connectivity index (χ1) is 13.0. The Morgan fingerprint density at radius 2 is 2.11 bits per heavy atom. The Balaban J connectivity index is 1.65. The van der Waals surface area contributed by atoms with Gasteiger partial charge >= 0.3 is 0 Å². The second-order valence-corrected chi connectivity index (χ2v) is 8.76. The fraction of sp³-hybridized carbons (Fsp3) is 0. The average molecular weight is 440 g/mol. The molecule has 0 radical (unpaired) electrons. The van der Waals surface area contributed by atoms with E-state index in [-0.39, 0.29) is 5.76 Å². The Labute approximate surface area is 168 Å². The van der Waals surface area contributed by atoms with Crippen LogP contribution in [0.2, 0.25) is 4.34 Å². The summed E-state index contributed by atoms with van der Waals surface area (Å²) < 4.78 is 29.1. The second-order valence-electron chi connectivity index (χ2n) is 5.21. The number of carbonyl (C=O) groups excluding carboxylic acids is 1. The highest BCUT2D eigenvalue weighted by atomic mass is 35.5. The number of nitrogens with one attached hydrogen (secondary N) is 1. The molecule has 0 aliphatic heterocycles. The molecule has 0 saturated carbocycles. The van der Waals surface area contributed by atoms with Crippen LogP contribution in [0.5, 0.6) is 0 Å². The Morgan fingerprint density at radius 3 is 2.78 bits per heavy atom. The molecule has 3 heterocycles. The van der Waals surface area contributed by atoms with Gasteiger partial charge in [-0.2, -0.15) is 0 Å². The minimum absolute atomic E-state index is 0.186. The molecule has 2 N–H and O–H groups in total. The van der Waals surface area contributed by atoms with Crippen molar-refractivity contribution in [3.63, 3.8) is 0 Å². The fourth-order valence-corrected chi connectivity index (χ4v) is 5.03. The third-order valence-corrected chi connectivity index (χ3v) is 6.47. The summed E-state index contributed by atoms with van der Waals surface area (Å²) >= 11 is 6.12. The maximum atomic E-state index is 12.1. The molecule has 11 heteroatoms. The number of thiazole rings is 1. The third kappa shape index (κ3) is 3.75. The first-order valence-electron chi connectivity index (χ1n) is 7.43. The van der Waals surface area contributed by atoms with Gasteiger partial charge in [0.2, 0.25) is 0 Å². The lowest BCUT2D eigenvalue weighted by molar-refractivity contribution is 0.0996. The molecule has 3 aromatic heterocycles. The van der Waals surface area contributed by atoms with Gasteiger partial charge < -0.3 is 4.42 Å². The van der Waals surface area contributed by atoms with Crippen LogP contribution < -0.4 is 9.62 Å². The molecule has 0 saturated heterocycles. The van der Waals surface area contributed by atoms with Crippen LogP contribution in [0.3, 0.4) is 0 Å². The number of aromatic nitrogens is 1. The molecule has 27 heavy (non-hydrogen) atoms. The molecular weight excluding hydrogens is 430 g/mol. The van der Waals surface area contributed by atoms with Crippen molar-refractivity contribution < 1.29 is 18.0 Å². The SMILES string of the molecule is O=C(Nc1nc2ccc(N(c3ccc(Cl)s3)S(=O)O)cc2s1)c1ccco1. The Hall–Kier alpha value is -2.24. The lowest BCUT2D eigenvalue weighted by Crippen LogP contribution is -2.17.